The quantitative estimate of drug-likeness (QED) is 0.193. The van der Waals surface area contributed by atoms with Crippen LogP contribution in [0, 0.1) is 6.92 Å². The van der Waals surface area contributed by atoms with E-state index in [2.05, 4.69) is 20.5 Å². The molecule has 0 bridgehead atoms. The van der Waals surface area contributed by atoms with Crippen molar-refractivity contribution in [1.82, 2.24) is 20.4 Å². The van der Waals surface area contributed by atoms with Crippen molar-refractivity contribution < 1.29 is 19.5 Å². The fourth-order valence-electron chi connectivity index (χ4n) is 3.53. The Labute approximate surface area is 208 Å². The Morgan fingerprint density at radius 1 is 1.32 bits per heavy atom. The Kier molecular flexibility index (Phi) is 7.54. The van der Waals surface area contributed by atoms with Crippen LogP contribution in [-0.2, 0) is 20.8 Å². The first-order valence-corrected chi connectivity index (χ1v) is 13.1. The lowest BCUT2D eigenvalue weighted by Crippen LogP contribution is -2.70. The number of hydrogen-bond donors (Lipinski definition) is 3. The number of aromatic nitrogens is 2. The van der Waals surface area contributed by atoms with Crippen LogP contribution in [0.5, 0.6) is 0 Å². The maximum absolute atomic E-state index is 12.8. The predicted molar refractivity (Wildman–Crippen MR) is 132 cm³/mol. The molecule has 13 heteroatoms. The van der Waals surface area contributed by atoms with E-state index in [1.54, 1.807) is 0 Å². The van der Waals surface area contributed by atoms with Crippen molar-refractivity contribution in [2.24, 2.45) is 10.7 Å². The molecule has 0 aliphatic carbocycles. The maximum Gasteiger partial charge on any atom is 0.352 e. The molecule has 34 heavy (non-hydrogen) atoms. The second kappa shape index (κ2) is 10.6. The molecule has 1 saturated heterocycles. The van der Waals surface area contributed by atoms with E-state index in [9.17, 15) is 19.5 Å². The second-order valence-electron chi connectivity index (χ2n) is 7.56. The third-order valence-electron chi connectivity index (χ3n) is 5.10. The molecule has 2 amide bonds. The van der Waals surface area contributed by atoms with Crippen LogP contribution in [0.25, 0.3) is 0 Å². The summed E-state index contributed by atoms with van der Waals surface area (Å²) in [5.74, 6) is -0.895. The van der Waals surface area contributed by atoms with Crippen molar-refractivity contribution in [3.05, 3.63) is 52.2 Å². The zero-order valence-corrected chi connectivity index (χ0v) is 20.6. The lowest BCUT2D eigenvalue weighted by molar-refractivity contribution is -0.150. The van der Waals surface area contributed by atoms with E-state index in [1.165, 1.54) is 39.8 Å². The fraction of sp³-hybridized carbons (Fsp3) is 0.333. The van der Waals surface area contributed by atoms with Crippen molar-refractivity contribution in [2.45, 2.75) is 29.1 Å². The molecule has 10 nitrogen and oxygen atoms in total. The lowest BCUT2D eigenvalue weighted by atomic mass is 10.0. The number of aryl methyl sites for hydroxylation is 1. The zero-order valence-electron chi connectivity index (χ0n) is 18.1. The Hall–Kier alpha value is -2.90. The largest absolute Gasteiger partial charge is 0.477 e. The van der Waals surface area contributed by atoms with E-state index >= 15 is 0 Å². The highest BCUT2D eigenvalue weighted by Gasteiger charge is 2.54. The van der Waals surface area contributed by atoms with Gasteiger partial charge in [-0.15, -0.1) is 22.0 Å². The number of rotatable bonds is 9. The summed E-state index contributed by atoms with van der Waals surface area (Å²) >= 11 is 4.25. The number of carbonyl (C=O) groups excluding carboxylic acids is 2. The molecule has 4 rings (SSSR count). The fourth-order valence-corrected chi connectivity index (χ4v) is 6.83. The third-order valence-corrected chi connectivity index (χ3v) is 8.50. The van der Waals surface area contributed by atoms with Crippen molar-refractivity contribution in [3.8, 4) is 0 Å². The molecule has 178 valence electrons. The van der Waals surface area contributed by atoms with E-state index < -0.39 is 29.2 Å². The highest BCUT2D eigenvalue weighted by atomic mass is 32.2. The van der Waals surface area contributed by atoms with Gasteiger partial charge in [0.05, 0.1) is 5.84 Å². The van der Waals surface area contributed by atoms with Crippen molar-refractivity contribution in [2.75, 3.05) is 18.1 Å². The lowest BCUT2D eigenvalue weighted by Gasteiger charge is -2.49. The van der Waals surface area contributed by atoms with Gasteiger partial charge < -0.3 is 16.2 Å². The molecule has 2 aromatic rings. The molecule has 4 N–H and O–H groups in total. The highest BCUT2D eigenvalue weighted by Crippen LogP contribution is 2.41. The number of hydrogen-bond acceptors (Lipinski definition) is 9. The first-order chi connectivity index (χ1) is 16.3. The minimum absolute atomic E-state index is 0.0156. The van der Waals surface area contributed by atoms with Gasteiger partial charge in [0.25, 0.3) is 5.91 Å². The third kappa shape index (κ3) is 5.42. The van der Waals surface area contributed by atoms with Gasteiger partial charge in [-0.05, 0) is 18.1 Å². The van der Waals surface area contributed by atoms with Gasteiger partial charge in [-0.1, -0.05) is 53.4 Å². The molecule has 1 aromatic carbocycles. The highest BCUT2D eigenvalue weighted by molar-refractivity contribution is 8.01. The number of aliphatic imine (C=N–C) groups is 1. The molecule has 1 fully saturated rings. The summed E-state index contributed by atoms with van der Waals surface area (Å²) in [5, 5.41) is 20.8. The van der Waals surface area contributed by atoms with E-state index in [0.29, 0.717) is 29.3 Å². The minimum atomic E-state index is -1.16. The molecular weight excluding hydrogens is 496 g/mol. The number of nitrogens with two attached hydrogens (primary N) is 1. The molecule has 2 atom stereocenters. The monoisotopic (exact) mass is 518 g/mol. The van der Waals surface area contributed by atoms with Gasteiger partial charge in [0, 0.05) is 17.9 Å². The van der Waals surface area contributed by atoms with Crippen LogP contribution in [0.1, 0.15) is 10.6 Å². The Balaban J connectivity index is 1.35. The predicted octanol–water partition coefficient (Wildman–Crippen LogP) is 1.28. The van der Waals surface area contributed by atoms with E-state index in [0.717, 1.165) is 14.9 Å². The number of β-lactam (4-membered cyclic amide) rings is 1. The van der Waals surface area contributed by atoms with Gasteiger partial charge in [0.2, 0.25) is 5.91 Å². The first kappa shape index (κ1) is 24.2. The molecule has 2 aliphatic rings. The number of amidine groups is 1. The van der Waals surface area contributed by atoms with Crippen LogP contribution in [0.3, 0.4) is 0 Å². The van der Waals surface area contributed by atoms with Crippen LogP contribution in [0.2, 0.25) is 0 Å². The zero-order chi connectivity index (χ0) is 24.2. The number of amides is 2. The summed E-state index contributed by atoms with van der Waals surface area (Å²) in [7, 11) is 0. The van der Waals surface area contributed by atoms with Crippen LogP contribution in [-0.4, -0.2) is 73.3 Å². The molecule has 0 radical (unpaired) electrons. The van der Waals surface area contributed by atoms with Gasteiger partial charge in [0.15, 0.2) is 4.34 Å². The van der Waals surface area contributed by atoms with E-state index in [-0.39, 0.29) is 12.2 Å². The van der Waals surface area contributed by atoms with Crippen LogP contribution >= 0.6 is 34.9 Å². The molecule has 1 aromatic heterocycles. The molecule has 3 heterocycles. The van der Waals surface area contributed by atoms with Gasteiger partial charge in [0.1, 0.15) is 28.7 Å². The number of carboxylic acid groups (broad SMARTS) is 1. The number of fused-ring (bicyclic) bond motifs is 1. The van der Waals surface area contributed by atoms with Crippen molar-refractivity contribution in [3.63, 3.8) is 0 Å². The summed E-state index contributed by atoms with van der Waals surface area (Å²) in [6.45, 7) is 1.64. The number of carboxylic acids is 1. The average Bonchev–Trinajstić information content (AvgIpc) is 3.24. The van der Waals surface area contributed by atoms with Gasteiger partial charge in [-0.2, -0.15) is 0 Å². The van der Waals surface area contributed by atoms with Gasteiger partial charge in [-0.25, -0.2) is 4.79 Å². The number of nitrogens with one attached hydrogen (secondary N) is 1. The number of aliphatic carboxylic acids is 1. The topological polar surface area (TPSA) is 151 Å². The van der Waals surface area contributed by atoms with E-state index in [4.69, 9.17) is 5.73 Å². The SMILES string of the molecule is Cc1nnc(SCC2=C(C(=O)O)N3C(=O)[C@H](NC(=O)CN=C(N)Cc4ccccc4)[C@H]3SC2)s1. The summed E-state index contributed by atoms with van der Waals surface area (Å²) in [5.41, 5.74) is 7.52. The van der Waals surface area contributed by atoms with E-state index in [1.807, 2.05) is 37.3 Å². The molecule has 2 aliphatic heterocycles. The second-order valence-corrected chi connectivity index (χ2v) is 11.1. The normalized spacial score (nSPS) is 20.1. The van der Waals surface area contributed by atoms with Crippen LogP contribution in [0.15, 0.2) is 50.9 Å². The van der Waals surface area contributed by atoms with Crippen LogP contribution < -0.4 is 11.1 Å². The number of nitrogens with zero attached hydrogens (tertiary/aromatic N) is 4. The molecule has 0 spiro atoms. The number of benzene rings is 1. The number of thioether (sulfide) groups is 2. The summed E-state index contributed by atoms with van der Waals surface area (Å²) in [6.07, 6.45) is 0.424. The smallest absolute Gasteiger partial charge is 0.352 e. The molecule has 0 unspecified atom stereocenters. The number of carbonyl (C=O) groups is 3. The standard InChI is InChI=1S/C21H22N6O4S3/c1-11-25-26-21(34-11)33-10-13-9-32-19-16(18(29)27(19)17(13)20(30)31)24-15(28)8-23-14(22)7-12-5-3-2-4-6-12/h2-6,16,19H,7-10H2,1H3,(H2,22,23)(H,24,28)(H,30,31)/t16-,19+/m0/s1. The Bertz CT molecular complexity index is 1170. The summed E-state index contributed by atoms with van der Waals surface area (Å²) in [4.78, 5) is 42.5. The summed E-state index contributed by atoms with van der Waals surface area (Å²) < 4.78 is 0.744. The molecular formula is C21H22N6O4S3. The van der Waals surface area contributed by atoms with Crippen molar-refractivity contribution in [1.29, 1.82) is 0 Å². The minimum Gasteiger partial charge on any atom is -0.477 e. The van der Waals surface area contributed by atoms with Gasteiger partial charge in [-0.3, -0.25) is 19.5 Å². The first-order valence-electron chi connectivity index (χ1n) is 10.3. The average molecular weight is 519 g/mol. The molecule has 0 saturated carbocycles. The van der Waals surface area contributed by atoms with Gasteiger partial charge >= 0.3 is 5.97 Å². The Morgan fingerprint density at radius 3 is 2.76 bits per heavy atom. The maximum atomic E-state index is 12.8. The van der Waals surface area contributed by atoms with Crippen LogP contribution in [0.4, 0.5) is 0 Å². The van der Waals surface area contributed by atoms with Crippen molar-refractivity contribution >= 4 is 58.5 Å². The summed E-state index contributed by atoms with van der Waals surface area (Å²) in [6, 6.07) is 8.73. The Morgan fingerprint density at radius 2 is 2.09 bits per heavy atom.